The number of aromatic nitrogens is 1. The molecule has 0 amide bonds. The fourth-order valence-electron chi connectivity index (χ4n) is 0.660. The lowest BCUT2D eigenvalue weighted by atomic mass is 10.4. The monoisotopic (exact) mass is 136 g/mol. The van der Waals surface area contributed by atoms with Gasteiger partial charge in [-0.3, -0.25) is 0 Å². The van der Waals surface area contributed by atoms with Crippen LogP contribution in [0.25, 0.3) is 0 Å². The highest BCUT2D eigenvalue weighted by Crippen LogP contribution is 2.21. The van der Waals surface area contributed by atoms with Crippen molar-refractivity contribution in [3.05, 3.63) is 18.3 Å². The second-order valence-corrected chi connectivity index (χ2v) is 1.69. The van der Waals surface area contributed by atoms with E-state index < -0.39 is 0 Å². The Kier molecular flexibility index (Phi) is 1.99. The van der Waals surface area contributed by atoms with E-state index in [1.165, 1.54) is 0 Å². The minimum absolute atomic E-state index is 0.532. The first-order valence-corrected chi connectivity index (χ1v) is 2.84. The molecule has 0 spiro atoms. The number of hydrogen-bond acceptors (Lipinski definition) is 3. The lowest BCUT2D eigenvalue weighted by Gasteiger charge is -1.99. The summed E-state index contributed by atoms with van der Waals surface area (Å²) in [5.74, 6) is 1.18. The van der Waals surface area contributed by atoms with Crippen molar-refractivity contribution in [2.24, 2.45) is 4.99 Å². The van der Waals surface area contributed by atoms with Gasteiger partial charge in [0.05, 0.1) is 7.11 Å². The van der Waals surface area contributed by atoms with Crippen molar-refractivity contribution in [1.82, 2.24) is 4.98 Å². The van der Waals surface area contributed by atoms with E-state index in [4.69, 9.17) is 4.74 Å². The van der Waals surface area contributed by atoms with E-state index in [9.17, 15) is 0 Å². The SMILES string of the molecule is C=Nc1ncccc1OC. The molecule has 0 aliphatic heterocycles. The smallest absolute Gasteiger partial charge is 0.194 e. The van der Waals surface area contributed by atoms with Gasteiger partial charge in [-0.05, 0) is 18.9 Å². The van der Waals surface area contributed by atoms with Crippen LogP contribution < -0.4 is 4.74 Å². The Morgan fingerprint density at radius 2 is 2.50 bits per heavy atom. The highest BCUT2D eigenvalue weighted by atomic mass is 16.5. The molecule has 10 heavy (non-hydrogen) atoms. The molecule has 0 unspecified atom stereocenters. The Labute approximate surface area is 59.4 Å². The predicted octanol–water partition coefficient (Wildman–Crippen LogP) is 1.42. The van der Waals surface area contributed by atoms with Crippen LogP contribution in [0.4, 0.5) is 5.82 Å². The van der Waals surface area contributed by atoms with Crippen LogP contribution in [0.15, 0.2) is 23.3 Å². The van der Waals surface area contributed by atoms with Crippen molar-refractivity contribution >= 4 is 12.5 Å². The fraction of sp³-hybridized carbons (Fsp3) is 0.143. The molecule has 1 aromatic heterocycles. The van der Waals surface area contributed by atoms with Gasteiger partial charge in [0.1, 0.15) is 0 Å². The highest BCUT2D eigenvalue weighted by molar-refractivity contribution is 5.49. The van der Waals surface area contributed by atoms with Crippen LogP contribution >= 0.6 is 0 Å². The van der Waals surface area contributed by atoms with Crippen LogP contribution in [-0.4, -0.2) is 18.8 Å². The van der Waals surface area contributed by atoms with Gasteiger partial charge in [0.2, 0.25) is 0 Å². The summed E-state index contributed by atoms with van der Waals surface area (Å²) < 4.78 is 4.94. The minimum atomic E-state index is 0.532. The zero-order valence-corrected chi connectivity index (χ0v) is 5.74. The third-order valence-corrected chi connectivity index (χ3v) is 1.12. The van der Waals surface area contributed by atoms with Crippen molar-refractivity contribution < 1.29 is 4.74 Å². The van der Waals surface area contributed by atoms with Crippen molar-refractivity contribution in [3.8, 4) is 5.75 Å². The van der Waals surface area contributed by atoms with Crippen LogP contribution in [0.1, 0.15) is 0 Å². The molecule has 0 saturated heterocycles. The van der Waals surface area contributed by atoms with Crippen molar-refractivity contribution in [3.63, 3.8) is 0 Å². The molecule has 0 fully saturated rings. The van der Waals surface area contributed by atoms with E-state index >= 15 is 0 Å². The predicted molar refractivity (Wildman–Crippen MR) is 40.0 cm³/mol. The number of aliphatic imine (C=N–C) groups is 1. The molecule has 0 bridgehead atoms. The first-order valence-electron chi connectivity index (χ1n) is 2.84. The Hall–Kier alpha value is -1.38. The maximum atomic E-state index is 4.94. The summed E-state index contributed by atoms with van der Waals surface area (Å²) in [7, 11) is 1.58. The Bertz CT molecular complexity index is 235. The Morgan fingerprint density at radius 3 is 3.00 bits per heavy atom. The molecule has 0 aromatic carbocycles. The van der Waals surface area contributed by atoms with E-state index in [-0.39, 0.29) is 0 Å². The van der Waals surface area contributed by atoms with Crippen LogP contribution in [-0.2, 0) is 0 Å². The molecular weight excluding hydrogens is 128 g/mol. The number of ether oxygens (including phenoxy) is 1. The van der Waals surface area contributed by atoms with Crippen molar-refractivity contribution in [1.29, 1.82) is 0 Å². The summed E-state index contributed by atoms with van der Waals surface area (Å²) in [6.45, 7) is 3.35. The molecule has 1 aromatic rings. The number of pyridine rings is 1. The summed E-state index contributed by atoms with van der Waals surface area (Å²) in [5.41, 5.74) is 0. The van der Waals surface area contributed by atoms with Gasteiger partial charge in [-0.25, -0.2) is 9.98 Å². The summed E-state index contributed by atoms with van der Waals surface area (Å²) in [5, 5.41) is 0. The van der Waals surface area contributed by atoms with Gasteiger partial charge in [0.25, 0.3) is 0 Å². The molecule has 52 valence electrons. The van der Waals surface area contributed by atoms with Gasteiger partial charge in [-0.15, -0.1) is 0 Å². The van der Waals surface area contributed by atoms with E-state index in [0.717, 1.165) is 0 Å². The van der Waals surface area contributed by atoms with Gasteiger partial charge in [-0.2, -0.15) is 0 Å². The van der Waals surface area contributed by atoms with Gasteiger partial charge in [-0.1, -0.05) is 0 Å². The molecule has 1 rings (SSSR count). The topological polar surface area (TPSA) is 34.5 Å². The zero-order valence-electron chi connectivity index (χ0n) is 5.74. The Morgan fingerprint density at radius 1 is 1.70 bits per heavy atom. The van der Waals surface area contributed by atoms with Crippen LogP contribution in [0, 0.1) is 0 Å². The summed E-state index contributed by atoms with van der Waals surface area (Å²) >= 11 is 0. The van der Waals surface area contributed by atoms with Crippen molar-refractivity contribution in [2.75, 3.05) is 7.11 Å². The fourth-order valence-corrected chi connectivity index (χ4v) is 0.660. The normalized spacial score (nSPS) is 8.90. The molecule has 3 nitrogen and oxygen atoms in total. The first kappa shape index (κ1) is 6.74. The lowest BCUT2D eigenvalue weighted by molar-refractivity contribution is 0.414. The number of nitrogens with zero attached hydrogens (tertiary/aromatic N) is 2. The number of methoxy groups -OCH3 is 1. The molecule has 0 radical (unpaired) electrons. The Balaban J connectivity index is 3.08. The molecule has 1 heterocycles. The number of hydrogen-bond donors (Lipinski definition) is 0. The quantitative estimate of drug-likeness (QED) is 0.576. The first-order chi connectivity index (χ1) is 4.88. The average molecular weight is 136 g/mol. The van der Waals surface area contributed by atoms with E-state index in [0.29, 0.717) is 11.6 Å². The third kappa shape index (κ3) is 1.13. The maximum Gasteiger partial charge on any atom is 0.194 e. The molecule has 0 N–H and O–H groups in total. The zero-order chi connectivity index (χ0) is 7.40. The van der Waals surface area contributed by atoms with E-state index in [2.05, 4.69) is 16.7 Å². The largest absolute Gasteiger partial charge is 0.493 e. The molecular formula is C7H8N2O. The second-order valence-electron chi connectivity index (χ2n) is 1.69. The molecule has 0 aliphatic carbocycles. The van der Waals surface area contributed by atoms with Gasteiger partial charge >= 0.3 is 0 Å². The molecule has 0 atom stereocenters. The minimum Gasteiger partial charge on any atom is -0.493 e. The summed E-state index contributed by atoms with van der Waals surface area (Å²) in [6.07, 6.45) is 1.65. The van der Waals surface area contributed by atoms with Gasteiger partial charge < -0.3 is 4.74 Å². The van der Waals surface area contributed by atoms with Crippen LogP contribution in [0.3, 0.4) is 0 Å². The maximum absolute atomic E-state index is 4.94. The standard InChI is InChI=1S/C7H8N2O/c1-8-7-6(10-2)4-3-5-9-7/h3-5H,1H2,2H3. The van der Waals surface area contributed by atoms with Gasteiger partial charge in [0.15, 0.2) is 11.6 Å². The third-order valence-electron chi connectivity index (χ3n) is 1.12. The molecule has 0 saturated carbocycles. The van der Waals surface area contributed by atoms with Crippen LogP contribution in [0.5, 0.6) is 5.75 Å². The van der Waals surface area contributed by atoms with Crippen LogP contribution in [0.2, 0.25) is 0 Å². The second kappa shape index (κ2) is 2.96. The average Bonchev–Trinajstić information content (AvgIpc) is 2.04. The van der Waals surface area contributed by atoms with E-state index in [1.807, 2.05) is 0 Å². The van der Waals surface area contributed by atoms with E-state index in [1.54, 1.807) is 25.4 Å². The lowest BCUT2D eigenvalue weighted by Crippen LogP contribution is -1.83. The molecule has 0 aliphatic rings. The number of rotatable bonds is 2. The highest BCUT2D eigenvalue weighted by Gasteiger charge is 1.96. The summed E-state index contributed by atoms with van der Waals surface area (Å²) in [6, 6.07) is 3.57. The molecule has 3 heteroatoms. The van der Waals surface area contributed by atoms with Gasteiger partial charge in [0, 0.05) is 6.20 Å². The summed E-state index contributed by atoms with van der Waals surface area (Å²) in [4.78, 5) is 7.57. The van der Waals surface area contributed by atoms with Crippen molar-refractivity contribution in [2.45, 2.75) is 0 Å².